The average Bonchev–Trinajstić information content (AvgIpc) is 2.91. The molecule has 2 rings (SSSR count). The Morgan fingerprint density at radius 1 is 1.22 bits per heavy atom. The molecule has 2 N–H and O–H groups in total. The molecule has 0 unspecified atom stereocenters. The summed E-state index contributed by atoms with van der Waals surface area (Å²) in [5.74, 6) is 0.0288. The number of nitrogens with zero attached hydrogens (tertiary/aromatic N) is 1. The molecule has 0 atom stereocenters. The van der Waals surface area contributed by atoms with Crippen molar-refractivity contribution >= 4 is 17.3 Å². The van der Waals surface area contributed by atoms with E-state index in [2.05, 4.69) is 27.7 Å². The average molecular weight is 247 g/mol. The summed E-state index contributed by atoms with van der Waals surface area (Å²) < 4.78 is 0. The Morgan fingerprint density at radius 3 is 2.50 bits per heavy atom. The van der Waals surface area contributed by atoms with Crippen molar-refractivity contribution in [1.82, 2.24) is 5.32 Å². The van der Waals surface area contributed by atoms with Crippen LogP contribution in [-0.2, 0) is 4.79 Å². The third-order valence-corrected chi connectivity index (χ3v) is 3.17. The molecule has 1 fully saturated rings. The Labute approximate surface area is 108 Å². The zero-order valence-corrected chi connectivity index (χ0v) is 10.9. The highest BCUT2D eigenvalue weighted by molar-refractivity contribution is 5.80. The molecule has 0 radical (unpaired) electrons. The highest BCUT2D eigenvalue weighted by Crippen LogP contribution is 2.21. The van der Waals surface area contributed by atoms with Crippen molar-refractivity contribution in [2.45, 2.75) is 19.8 Å². The quantitative estimate of drug-likeness (QED) is 0.834. The van der Waals surface area contributed by atoms with Gasteiger partial charge in [-0.1, -0.05) is 0 Å². The van der Waals surface area contributed by atoms with Gasteiger partial charge in [-0.3, -0.25) is 4.79 Å². The van der Waals surface area contributed by atoms with Gasteiger partial charge >= 0.3 is 0 Å². The van der Waals surface area contributed by atoms with Crippen LogP contribution in [0.1, 0.15) is 19.8 Å². The van der Waals surface area contributed by atoms with Gasteiger partial charge in [-0.2, -0.15) is 0 Å². The molecule has 1 saturated heterocycles. The van der Waals surface area contributed by atoms with Crippen LogP contribution in [0.5, 0.6) is 0 Å². The molecule has 98 valence electrons. The predicted molar refractivity (Wildman–Crippen MR) is 75.1 cm³/mol. The van der Waals surface area contributed by atoms with Crippen LogP contribution in [0.2, 0.25) is 0 Å². The van der Waals surface area contributed by atoms with Crippen molar-refractivity contribution < 1.29 is 4.79 Å². The summed E-state index contributed by atoms with van der Waals surface area (Å²) in [4.78, 5) is 13.7. The fraction of sp³-hybridized carbons (Fsp3) is 0.500. The lowest BCUT2D eigenvalue weighted by Crippen LogP contribution is -2.29. The zero-order valence-electron chi connectivity index (χ0n) is 10.9. The van der Waals surface area contributed by atoms with Crippen LogP contribution in [0, 0.1) is 0 Å². The summed E-state index contributed by atoms with van der Waals surface area (Å²) >= 11 is 0. The van der Waals surface area contributed by atoms with Gasteiger partial charge in [0.25, 0.3) is 0 Å². The minimum Gasteiger partial charge on any atom is -0.376 e. The number of anilines is 2. The highest BCUT2D eigenvalue weighted by Gasteiger charge is 2.11. The first-order valence-corrected chi connectivity index (χ1v) is 6.65. The van der Waals surface area contributed by atoms with E-state index in [1.165, 1.54) is 18.5 Å². The maximum absolute atomic E-state index is 11.3. The normalized spacial score (nSPS) is 14.6. The summed E-state index contributed by atoms with van der Waals surface area (Å²) in [6.45, 7) is 5.24. The summed E-state index contributed by atoms with van der Waals surface area (Å²) in [6, 6.07) is 8.30. The van der Waals surface area contributed by atoms with Crippen LogP contribution in [0.3, 0.4) is 0 Å². The van der Waals surface area contributed by atoms with Crippen molar-refractivity contribution in [2.75, 3.05) is 36.4 Å². The van der Waals surface area contributed by atoms with Crippen LogP contribution in [-0.4, -0.2) is 32.1 Å². The number of hydrogen-bond donors (Lipinski definition) is 2. The smallest absolute Gasteiger partial charge is 0.239 e. The van der Waals surface area contributed by atoms with E-state index in [0.717, 1.165) is 18.8 Å². The molecule has 0 aromatic heterocycles. The second-order valence-electron chi connectivity index (χ2n) is 4.55. The standard InChI is InChI=1S/C14H21N3O/c1-2-15-14(18)11-16-12-5-7-13(8-6-12)17-9-3-4-10-17/h5-8,16H,2-4,9-11H2,1H3,(H,15,18). The highest BCUT2D eigenvalue weighted by atomic mass is 16.1. The second kappa shape index (κ2) is 6.28. The summed E-state index contributed by atoms with van der Waals surface area (Å²) in [5.41, 5.74) is 2.26. The van der Waals surface area contributed by atoms with E-state index >= 15 is 0 Å². The van der Waals surface area contributed by atoms with Gasteiger partial charge in [0.15, 0.2) is 0 Å². The van der Waals surface area contributed by atoms with Crippen LogP contribution >= 0.6 is 0 Å². The molecule has 1 aromatic rings. The van der Waals surface area contributed by atoms with Gasteiger partial charge < -0.3 is 15.5 Å². The Kier molecular flexibility index (Phi) is 4.45. The van der Waals surface area contributed by atoms with Crippen LogP contribution in [0.4, 0.5) is 11.4 Å². The molecular weight excluding hydrogens is 226 g/mol. The van der Waals surface area contributed by atoms with Gasteiger partial charge in [0, 0.05) is 31.0 Å². The molecule has 0 saturated carbocycles. The van der Waals surface area contributed by atoms with Gasteiger partial charge in [-0.05, 0) is 44.0 Å². The largest absolute Gasteiger partial charge is 0.376 e. The number of nitrogens with one attached hydrogen (secondary N) is 2. The maximum atomic E-state index is 11.3. The molecule has 1 amide bonds. The molecule has 0 spiro atoms. The third kappa shape index (κ3) is 3.39. The molecule has 0 bridgehead atoms. The van der Waals surface area contributed by atoms with Gasteiger partial charge in [0.1, 0.15) is 0 Å². The monoisotopic (exact) mass is 247 g/mol. The van der Waals surface area contributed by atoms with Crippen molar-refractivity contribution in [3.63, 3.8) is 0 Å². The predicted octanol–water partition coefficient (Wildman–Crippen LogP) is 1.83. The van der Waals surface area contributed by atoms with E-state index in [1.54, 1.807) is 0 Å². The molecule has 1 aliphatic rings. The Balaban J connectivity index is 1.85. The number of likely N-dealkylation sites (N-methyl/N-ethyl adjacent to an activating group) is 1. The fourth-order valence-electron chi connectivity index (χ4n) is 2.21. The Morgan fingerprint density at radius 2 is 1.89 bits per heavy atom. The lowest BCUT2D eigenvalue weighted by molar-refractivity contribution is -0.119. The first-order chi connectivity index (χ1) is 8.79. The molecule has 18 heavy (non-hydrogen) atoms. The van der Waals surface area contributed by atoms with E-state index in [1.807, 2.05) is 19.1 Å². The van der Waals surface area contributed by atoms with E-state index < -0.39 is 0 Å². The zero-order chi connectivity index (χ0) is 12.8. The minimum absolute atomic E-state index is 0.0288. The molecule has 1 heterocycles. The van der Waals surface area contributed by atoms with Crippen molar-refractivity contribution in [2.24, 2.45) is 0 Å². The summed E-state index contributed by atoms with van der Waals surface area (Å²) in [6.07, 6.45) is 2.58. The summed E-state index contributed by atoms with van der Waals surface area (Å²) in [5, 5.41) is 5.88. The van der Waals surface area contributed by atoms with Gasteiger partial charge in [0.05, 0.1) is 6.54 Å². The van der Waals surface area contributed by atoms with E-state index in [9.17, 15) is 4.79 Å². The number of benzene rings is 1. The third-order valence-electron chi connectivity index (χ3n) is 3.17. The number of carbonyl (C=O) groups is 1. The van der Waals surface area contributed by atoms with Gasteiger partial charge in [-0.15, -0.1) is 0 Å². The van der Waals surface area contributed by atoms with Crippen molar-refractivity contribution in [3.8, 4) is 0 Å². The Bertz CT molecular complexity index is 383. The van der Waals surface area contributed by atoms with Gasteiger partial charge in [0.2, 0.25) is 5.91 Å². The lowest BCUT2D eigenvalue weighted by Gasteiger charge is -2.17. The first kappa shape index (κ1) is 12.7. The van der Waals surface area contributed by atoms with Crippen molar-refractivity contribution in [1.29, 1.82) is 0 Å². The van der Waals surface area contributed by atoms with Gasteiger partial charge in [-0.25, -0.2) is 0 Å². The van der Waals surface area contributed by atoms with Crippen LogP contribution in [0.15, 0.2) is 24.3 Å². The first-order valence-electron chi connectivity index (χ1n) is 6.65. The minimum atomic E-state index is 0.0288. The molecule has 0 aliphatic carbocycles. The molecule has 1 aliphatic heterocycles. The number of hydrogen-bond acceptors (Lipinski definition) is 3. The molecule has 1 aromatic carbocycles. The fourth-order valence-corrected chi connectivity index (χ4v) is 2.21. The lowest BCUT2D eigenvalue weighted by atomic mass is 10.2. The second-order valence-corrected chi connectivity index (χ2v) is 4.55. The van der Waals surface area contributed by atoms with E-state index in [0.29, 0.717) is 13.1 Å². The molecule has 4 nitrogen and oxygen atoms in total. The van der Waals surface area contributed by atoms with E-state index in [-0.39, 0.29) is 5.91 Å². The van der Waals surface area contributed by atoms with Crippen LogP contribution in [0.25, 0.3) is 0 Å². The maximum Gasteiger partial charge on any atom is 0.239 e. The molecular formula is C14H21N3O. The summed E-state index contributed by atoms with van der Waals surface area (Å²) in [7, 11) is 0. The Hall–Kier alpha value is -1.71. The molecule has 4 heteroatoms. The number of amides is 1. The number of rotatable bonds is 5. The topological polar surface area (TPSA) is 44.4 Å². The van der Waals surface area contributed by atoms with Crippen molar-refractivity contribution in [3.05, 3.63) is 24.3 Å². The number of carbonyl (C=O) groups excluding carboxylic acids is 1. The van der Waals surface area contributed by atoms with Crippen LogP contribution < -0.4 is 15.5 Å². The SMILES string of the molecule is CCNC(=O)CNc1ccc(N2CCCC2)cc1. The van der Waals surface area contributed by atoms with E-state index in [4.69, 9.17) is 0 Å².